The third-order valence-corrected chi connectivity index (χ3v) is 5.64. The first-order valence-corrected chi connectivity index (χ1v) is 10.2. The lowest BCUT2D eigenvalue weighted by molar-refractivity contribution is -0.121. The Labute approximate surface area is 176 Å². The molecule has 1 heterocycles. The van der Waals surface area contributed by atoms with E-state index in [1.807, 2.05) is 56.4 Å². The average molecular weight is 400 g/mol. The van der Waals surface area contributed by atoms with Crippen molar-refractivity contribution in [1.29, 1.82) is 0 Å². The summed E-state index contributed by atoms with van der Waals surface area (Å²) in [5.41, 5.74) is 4.17. The third-order valence-electron chi connectivity index (χ3n) is 5.64. The van der Waals surface area contributed by atoms with Gasteiger partial charge in [0, 0.05) is 36.5 Å². The SMILES string of the molecule is CC(NC(=O)CC(c1ccc(F)cc1)c1cn(C)c2ccccc12)c1ccccc1. The first-order valence-electron chi connectivity index (χ1n) is 10.2. The summed E-state index contributed by atoms with van der Waals surface area (Å²) >= 11 is 0. The number of para-hydroxylation sites is 1. The molecule has 4 heteroatoms. The Bertz CT molecular complexity index is 1150. The Hall–Kier alpha value is -3.40. The van der Waals surface area contributed by atoms with Crippen molar-refractivity contribution in [3.63, 3.8) is 0 Å². The molecule has 4 rings (SSSR count). The van der Waals surface area contributed by atoms with Crippen LogP contribution in [0.3, 0.4) is 0 Å². The number of nitrogens with one attached hydrogen (secondary N) is 1. The zero-order valence-corrected chi connectivity index (χ0v) is 17.2. The fourth-order valence-corrected chi connectivity index (χ4v) is 4.06. The number of carbonyl (C=O) groups is 1. The number of hydrogen-bond acceptors (Lipinski definition) is 1. The molecule has 0 saturated heterocycles. The number of rotatable bonds is 6. The Morgan fingerprint density at radius 2 is 1.60 bits per heavy atom. The normalized spacial score (nSPS) is 13.2. The van der Waals surface area contributed by atoms with Crippen LogP contribution in [0.1, 0.15) is 42.0 Å². The zero-order valence-electron chi connectivity index (χ0n) is 17.2. The maximum Gasteiger partial charge on any atom is 0.221 e. The quantitative estimate of drug-likeness (QED) is 0.441. The van der Waals surface area contributed by atoms with Gasteiger partial charge in [0.05, 0.1) is 6.04 Å². The van der Waals surface area contributed by atoms with Gasteiger partial charge in [0.25, 0.3) is 0 Å². The van der Waals surface area contributed by atoms with Crippen molar-refractivity contribution in [1.82, 2.24) is 9.88 Å². The van der Waals surface area contributed by atoms with Crippen LogP contribution in [-0.4, -0.2) is 10.5 Å². The molecule has 0 aliphatic heterocycles. The molecule has 0 saturated carbocycles. The van der Waals surface area contributed by atoms with Gasteiger partial charge in [0.1, 0.15) is 5.82 Å². The minimum atomic E-state index is -0.280. The van der Waals surface area contributed by atoms with Gasteiger partial charge in [-0.05, 0) is 41.8 Å². The largest absolute Gasteiger partial charge is 0.350 e. The summed E-state index contributed by atoms with van der Waals surface area (Å²) in [5.74, 6) is -0.481. The summed E-state index contributed by atoms with van der Waals surface area (Å²) in [4.78, 5) is 13.0. The van der Waals surface area contributed by atoms with Crippen LogP contribution in [0, 0.1) is 5.82 Å². The second-order valence-electron chi connectivity index (χ2n) is 7.72. The molecule has 2 unspecified atom stereocenters. The molecule has 0 aliphatic rings. The molecule has 3 nitrogen and oxygen atoms in total. The van der Waals surface area contributed by atoms with Crippen molar-refractivity contribution in [2.24, 2.45) is 7.05 Å². The van der Waals surface area contributed by atoms with E-state index in [4.69, 9.17) is 0 Å². The van der Waals surface area contributed by atoms with Crippen molar-refractivity contribution in [3.8, 4) is 0 Å². The fraction of sp³-hybridized carbons (Fsp3) is 0.192. The Balaban J connectivity index is 1.66. The Kier molecular flexibility index (Phi) is 5.66. The lowest BCUT2D eigenvalue weighted by Crippen LogP contribution is -2.28. The molecule has 4 aromatic rings. The second-order valence-corrected chi connectivity index (χ2v) is 7.72. The topological polar surface area (TPSA) is 34.0 Å². The second kappa shape index (κ2) is 8.54. The summed E-state index contributed by atoms with van der Waals surface area (Å²) in [5, 5.41) is 4.22. The minimum absolute atomic E-state index is 0.0337. The van der Waals surface area contributed by atoms with E-state index in [0.29, 0.717) is 0 Å². The highest BCUT2D eigenvalue weighted by Gasteiger charge is 2.23. The molecule has 1 aromatic heterocycles. The van der Waals surface area contributed by atoms with Crippen LogP contribution < -0.4 is 5.32 Å². The number of benzene rings is 3. The summed E-state index contributed by atoms with van der Waals surface area (Å²) in [6.07, 6.45) is 2.36. The minimum Gasteiger partial charge on any atom is -0.350 e. The smallest absolute Gasteiger partial charge is 0.221 e. The van der Waals surface area contributed by atoms with E-state index in [-0.39, 0.29) is 30.1 Å². The average Bonchev–Trinajstić information content (AvgIpc) is 3.10. The van der Waals surface area contributed by atoms with Crippen molar-refractivity contribution in [2.75, 3.05) is 0 Å². The number of aryl methyl sites for hydroxylation is 1. The summed E-state index contributed by atoms with van der Waals surface area (Å²) in [6.45, 7) is 1.98. The Morgan fingerprint density at radius 1 is 0.933 bits per heavy atom. The maximum atomic E-state index is 13.5. The Morgan fingerprint density at radius 3 is 2.33 bits per heavy atom. The number of aromatic nitrogens is 1. The molecule has 0 fully saturated rings. The summed E-state index contributed by atoms with van der Waals surface area (Å²) < 4.78 is 15.6. The molecule has 0 spiro atoms. The molecule has 30 heavy (non-hydrogen) atoms. The van der Waals surface area contributed by atoms with E-state index in [1.54, 1.807) is 12.1 Å². The van der Waals surface area contributed by atoms with E-state index >= 15 is 0 Å². The molecule has 2 atom stereocenters. The van der Waals surface area contributed by atoms with Crippen LogP contribution in [0.25, 0.3) is 10.9 Å². The van der Waals surface area contributed by atoms with Gasteiger partial charge >= 0.3 is 0 Å². The number of hydrogen-bond donors (Lipinski definition) is 1. The first kappa shape index (κ1) is 19.9. The van der Waals surface area contributed by atoms with Crippen molar-refractivity contribution < 1.29 is 9.18 Å². The number of halogens is 1. The highest BCUT2D eigenvalue weighted by atomic mass is 19.1. The fourth-order valence-electron chi connectivity index (χ4n) is 4.06. The van der Waals surface area contributed by atoms with Gasteiger partial charge in [0.2, 0.25) is 5.91 Å². The van der Waals surface area contributed by atoms with E-state index in [9.17, 15) is 9.18 Å². The van der Waals surface area contributed by atoms with Crippen molar-refractivity contribution in [3.05, 3.63) is 108 Å². The predicted molar refractivity (Wildman–Crippen MR) is 119 cm³/mol. The lowest BCUT2D eigenvalue weighted by atomic mass is 9.88. The molecular weight excluding hydrogens is 375 g/mol. The van der Waals surface area contributed by atoms with Gasteiger partial charge in [-0.2, -0.15) is 0 Å². The maximum absolute atomic E-state index is 13.5. The predicted octanol–water partition coefficient (Wildman–Crippen LogP) is 5.72. The summed E-state index contributed by atoms with van der Waals surface area (Å²) in [6, 6.07) is 24.4. The highest BCUT2D eigenvalue weighted by molar-refractivity contribution is 5.86. The number of amides is 1. The standard InChI is InChI=1S/C26H25FN2O/c1-18(19-8-4-3-5-9-19)28-26(30)16-23(20-12-14-21(27)15-13-20)24-17-29(2)25-11-7-6-10-22(24)25/h3-15,17-18,23H,16H2,1-2H3,(H,28,30). The van der Waals surface area contributed by atoms with Crippen LogP contribution in [-0.2, 0) is 11.8 Å². The highest BCUT2D eigenvalue weighted by Crippen LogP contribution is 2.34. The zero-order chi connectivity index (χ0) is 21.1. The van der Waals surface area contributed by atoms with Crippen LogP contribution in [0.2, 0.25) is 0 Å². The van der Waals surface area contributed by atoms with Crippen LogP contribution in [0.5, 0.6) is 0 Å². The van der Waals surface area contributed by atoms with Crippen LogP contribution in [0.15, 0.2) is 85.1 Å². The van der Waals surface area contributed by atoms with E-state index in [0.717, 1.165) is 27.6 Å². The monoisotopic (exact) mass is 400 g/mol. The first-order chi connectivity index (χ1) is 14.5. The van der Waals surface area contributed by atoms with Gasteiger partial charge in [-0.15, -0.1) is 0 Å². The van der Waals surface area contributed by atoms with Gasteiger partial charge in [-0.1, -0.05) is 60.7 Å². The summed E-state index contributed by atoms with van der Waals surface area (Å²) in [7, 11) is 2.01. The molecule has 0 radical (unpaired) electrons. The van der Waals surface area contributed by atoms with Gasteiger partial charge in [-0.3, -0.25) is 4.79 Å². The van der Waals surface area contributed by atoms with Crippen LogP contribution in [0.4, 0.5) is 4.39 Å². The number of nitrogens with zero attached hydrogens (tertiary/aromatic N) is 1. The van der Waals surface area contributed by atoms with E-state index in [1.165, 1.54) is 12.1 Å². The van der Waals surface area contributed by atoms with E-state index < -0.39 is 0 Å². The number of fused-ring (bicyclic) bond motifs is 1. The van der Waals surface area contributed by atoms with Gasteiger partial charge < -0.3 is 9.88 Å². The molecule has 1 amide bonds. The van der Waals surface area contributed by atoms with Crippen molar-refractivity contribution in [2.45, 2.75) is 25.3 Å². The number of carbonyl (C=O) groups excluding carboxylic acids is 1. The van der Waals surface area contributed by atoms with Gasteiger partial charge in [-0.25, -0.2) is 4.39 Å². The van der Waals surface area contributed by atoms with E-state index in [2.05, 4.69) is 28.2 Å². The molecule has 0 aliphatic carbocycles. The lowest BCUT2D eigenvalue weighted by Gasteiger charge is -2.20. The molecule has 0 bridgehead atoms. The third kappa shape index (κ3) is 4.13. The molecular formula is C26H25FN2O. The van der Waals surface area contributed by atoms with Crippen LogP contribution >= 0.6 is 0 Å². The molecule has 152 valence electrons. The van der Waals surface area contributed by atoms with Crippen molar-refractivity contribution >= 4 is 16.8 Å². The van der Waals surface area contributed by atoms with Gasteiger partial charge in [0.15, 0.2) is 0 Å². The molecule has 1 N–H and O–H groups in total. The molecule has 3 aromatic carbocycles.